The number of amides is 2. The Morgan fingerprint density at radius 1 is 1.14 bits per heavy atom. The van der Waals surface area contributed by atoms with Gasteiger partial charge in [0.1, 0.15) is 17.9 Å². The second kappa shape index (κ2) is 7.95. The van der Waals surface area contributed by atoms with Gasteiger partial charge in [0.25, 0.3) is 5.91 Å². The van der Waals surface area contributed by atoms with Crippen LogP contribution in [0.1, 0.15) is 37.0 Å². The largest absolute Gasteiger partial charge is 0.484 e. The fraction of sp³-hybridized carbons (Fsp3) is 0.636. The molecule has 1 aromatic carbocycles. The first kappa shape index (κ1) is 20.2. The number of carbonyl (C=O) groups is 2. The number of morpholine rings is 1. The van der Waals surface area contributed by atoms with Crippen molar-refractivity contribution in [3.63, 3.8) is 0 Å². The fourth-order valence-corrected chi connectivity index (χ4v) is 4.65. The van der Waals surface area contributed by atoms with Crippen molar-refractivity contribution in [3.8, 4) is 5.75 Å². The molecule has 3 aliphatic heterocycles. The average Bonchev–Trinajstić information content (AvgIpc) is 2.79. The van der Waals surface area contributed by atoms with E-state index in [0.29, 0.717) is 30.9 Å². The highest BCUT2D eigenvalue weighted by Crippen LogP contribution is 2.35. The van der Waals surface area contributed by atoms with E-state index in [-0.39, 0.29) is 30.6 Å². The number of ether oxygens (including phenoxy) is 2. The van der Waals surface area contributed by atoms with Crippen LogP contribution in [0.3, 0.4) is 0 Å². The Bertz CT molecular complexity index is 765. The van der Waals surface area contributed by atoms with Gasteiger partial charge in [-0.15, -0.1) is 0 Å². The number of hydrogen-bond donors (Lipinski definition) is 0. The van der Waals surface area contributed by atoms with E-state index >= 15 is 0 Å². The van der Waals surface area contributed by atoms with Crippen molar-refractivity contribution in [2.45, 2.75) is 44.5 Å². The Hall–Kier alpha value is -2.12. The molecule has 7 heteroatoms. The second-order valence-electron chi connectivity index (χ2n) is 8.80. The van der Waals surface area contributed by atoms with Crippen molar-refractivity contribution < 1.29 is 19.1 Å². The number of nitrogens with zero attached hydrogens (tertiary/aromatic N) is 3. The highest BCUT2D eigenvalue weighted by molar-refractivity contribution is 5.99. The smallest absolute Gasteiger partial charge is 0.258 e. The molecular weight excluding hydrogens is 370 g/mol. The maximum Gasteiger partial charge on any atom is 0.258 e. The minimum absolute atomic E-state index is 0.00631. The molecule has 3 aliphatic rings. The van der Waals surface area contributed by atoms with Crippen LogP contribution in [0.2, 0.25) is 0 Å². The van der Waals surface area contributed by atoms with Crippen LogP contribution in [-0.4, -0.2) is 90.6 Å². The number of likely N-dealkylation sites (tertiary alicyclic amines) is 1. The van der Waals surface area contributed by atoms with E-state index in [2.05, 4.69) is 11.9 Å². The molecule has 0 aromatic heterocycles. The van der Waals surface area contributed by atoms with Gasteiger partial charge >= 0.3 is 0 Å². The summed E-state index contributed by atoms with van der Waals surface area (Å²) in [7, 11) is 2.10. The lowest BCUT2D eigenvalue weighted by atomic mass is 9.90. The molecule has 1 spiro atoms. The topological polar surface area (TPSA) is 62.3 Å². The maximum absolute atomic E-state index is 13.3. The number of rotatable bonds is 2. The zero-order chi connectivity index (χ0) is 20.6. The van der Waals surface area contributed by atoms with Gasteiger partial charge in [-0.3, -0.25) is 9.59 Å². The summed E-state index contributed by atoms with van der Waals surface area (Å²) in [6.07, 6.45) is 1.68. The molecule has 2 unspecified atom stereocenters. The van der Waals surface area contributed by atoms with Gasteiger partial charge in [0.2, 0.25) is 5.91 Å². The third-order valence-electron chi connectivity index (χ3n) is 6.21. The molecule has 29 heavy (non-hydrogen) atoms. The molecule has 1 aromatic rings. The van der Waals surface area contributed by atoms with Crippen LogP contribution in [0.15, 0.2) is 24.3 Å². The Morgan fingerprint density at radius 2 is 1.79 bits per heavy atom. The van der Waals surface area contributed by atoms with Crippen LogP contribution in [0, 0.1) is 0 Å². The van der Waals surface area contributed by atoms with Crippen LogP contribution >= 0.6 is 0 Å². The first-order valence-corrected chi connectivity index (χ1v) is 10.5. The van der Waals surface area contributed by atoms with Crippen LogP contribution < -0.4 is 4.74 Å². The molecule has 0 aliphatic carbocycles. The number of piperidine rings is 1. The van der Waals surface area contributed by atoms with Gasteiger partial charge in [0.15, 0.2) is 0 Å². The molecule has 7 nitrogen and oxygen atoms in total. The molecule has 158 valence electrons. The Balaban J connectivity index is 1.58. The van der Waals surface area contributed by atoms with Crippen LogP contribution in [0.25, 0.3) is 0 Å². The minimum atomic E-state index is -0.444. The zero-order valence-electron chi connectivity index (χ0n) is 17.6. The van der Waals surface area contributed by atoms with Gasteiger partial charge in [-0.05, 0) is 33.0 Å². The van der Waals surface area contributed by atoms with Crippen molar-refractivity contribution in [2.75, 3.05) is 46.3 Å². The number of hydrogen-bond acceptors (Lipinski definition) is 5. The third kappa shape index (κ3) is 4.26. The van der Waals surface area contributed by atoms with E-state index in [1.54, 1.807) is 11.0 Å². The summed E-state index contributed by atoms with van der Waals surface area (Å²) >= 11 is 0. The van der Waals surface area contributed by atoms with Gasteiger partial charge in [0.05, 0.1) is 24.3 Å². The Kier molecular flexibility index (Phi) is 5.53. The lowest BCUT2D eigenvalue weighted by Crippen LogP contribution is -2.56. The quantitative estimate of drug-likeness (QED) is 0.754. The Labute approximate surface area is 172 Å². The van der Waals surface area contributed by atoms with Crippen LogP contribution in [0.4, 0.5) is 0 Å². The molecule has 2 atom stereocenters. The first-order valence-electron chi connectivity index (χ1n) is 10.5. The molecular formula is C22H31N3O4. The van der Waals surface area contributed by atoms with Crippen molar-refractivity contribution in [1.82, 2.24) is 14.7 Å². The van der Waals surface area contributed by atoms with Crippen molar-refractivity contribution in [1.29, 1.82) is 0 Å². The minimum Gasteiger partial charge on any atom is -0.484 e. The van der Waals surface area contributed by atoms with E-state index in [1.807, 2.05) is 36.9 Å². The van der Waals surface area contributed by atoms with E-state index in [4.69, 9.17) is 9.47 Å². The summed E-state index contributed by atoms with van der Waals surface area (Å²) in [5.74, 6) is 0.479. The van der Waals surface area contributed by atoms with E-state index < -0.39 is 5.60 Å². The van der Waals surface area contributed by atoms with E-state index in [0.717, 1.165) is 25.9 Å². The van der Waals surface area contributed by atoms with Gasteiger partial charge < -0.3 is 24.2 Å². The third-order valence-corrected chi connectivity index (χ3v) is 6.21. The van der Waals surface area contributed by atoms with Gasteiger partial charge in [0, 0.05) is 39.0 Å². The molecule has 0 radical (unpaired) electrons. The first-order chi connectivity index (χ1) is 13.8. The molecule has 0 N–H and O–H groups in total. The highest BCUT2D eigenvalue weighted by atomic mass is 16.5. The average molecular weight is 402 g/mol. The molecule has 0 bridgehead atoms. The molecule has 2 saturated heterocycles. The van der Waals surface area contributed by atoms with E-state index in [9.17, 15) is 9.59 Å². The van der Waals surface area contributed by atoms with Crippen LogP contribution in [0.5, 0.6) is 5.75 Å². The summed E-state index contributed by atoms with van der Waals surface area (Å²) in [5.41, 5.74) is 0.0977. The van der Waals surface area contributed by atoms with Crippen molar-refractivity contribution in [2.24, 2.45) is 0 Å². The fourth-order valence-electron chi connectivity index (χ4n) is 4.65. The van der Waals surface area contributed by atoms with Crippen molar-refractivity contribution >= 4 is 11.8 Å². The summed E-state index contributed by atoms with van der Waals surface area (Å²) < 4.78 is 12.2. The lowest BCUT2D eigenvalue weighted by Gasteiger charge is -2.42. The monoisotopic (exact) mass is 401 g/mol. The van der Waals surface area contributed by atoms with Gasteiger partial charge in [-0.25, -0.2) is 0 Å². The van der Waals surface area contributed by atoms with Gasteiger partial charge in [-0.1, -0.05) is 12.1 Å². The summed E-state index contributed by atoms with van der Waals surface area (Å²) in [5, 5.41) is 0. The van der Waals surface area contributed by atoms with E-state index in [1.165, 1.54) is 0 Å². The summed E-state index contributed by atoms with van der Waals surface area (Å²) in [6.45, 7) is 7.42. The summed E-state index contributed by atoms with van der Waals surface area (Å²) in [6, 6.07) is 7.40. The molecule has 4 rings (SSSR count). The Morgan fingerprint density at radius 3 is 2.48 bits per heavy atom. The number of carbonyl (C=O) groups excluding carboxylic acids is 2. The molecule has 3 heterocycles. The number of fused-ring (bicyclic) bond motifs is 1. The second-order valence-corrected chi connectivity index (χ2v) is 8.80. The molecule has 0 saturated carbocycles. The standard InChI is InChI=1S/C22H31N3O4/c1-16-12-24(13-17(2)28-16)20(26)14-25-15-22(8-10-23(3)11-9-22)29-19-7-5-4-6-18(19)21(25)27/h4-7,16-17H,8-15H2,1-3H3. The number of para-hydroxylation sites is 1. The van der Waals surface area contributed by atoms with Crippen LogP contribution in [-0.2, 0) is 9.53 Å². The summed E-state index contributed by atoms with van der Waals surface area (Å²) in [4.78, 5) is 32.2. The predicted octanol–water partition coefficient (Wildman–Crippen LogP) is 1.62. The predicted molar refractivity (Wildman–Crippen MR) is 109 cm³/mol. The molecule has 2 amide bonds. The maximum atomic E-state index is 13.3. The normalized spacial score (nSPS) is 27.3. The van der Waals surface area contributed by atoms with Crippen molar-refractivity contribution in [3.05, 3.63) is 29.8 Å². The van der Waals surface area contributed by atoms with Gasteiger partial charge in [-0.2, -0.15) is 0 Å². The molecule has 2 fully saturated rings. The number of benzene rings is 1. The lowest BCUT2D eigenvalue weighted by molar-refractivity contribution is -0.144. The zero-order valence-corrected chi connectivity index (χ0v) is 17.6. The SMILES string of the molecule is CC1CN(C(=O)CN2CC3(CCN(C)CC3)Oc3ccccc3C2=O)CC(C)O1. The highest BCUT2D eigenvalue weighted by Gasteiger charge is 2.43.